The van der Waals surface area contributed by atoms with Crippen molar-refractivity contribution in [3.8, 4) is 0 Å². The largest absolute Gasteiger partial charge is 0.450 e. The summed E-state index contributed by atoms with van der Waals surface area (Å²) in [6.45, 7) is 6.11. The van der Waals surface area contributed by atoms with Crippen LogP contribution in [-0.4, -0.2) is 53.5 Å². The molecule has 3 aliphatic rings. The number of hydrogen-bond donors (Lipinski definition) is 0. The molecule has 1 aromatic rings. The van der Waals surface area contributed by atoms with Crippen molar-refractivity contribution in [3.05, 3.63) is 46.0 Å². The topological polar surface area (TPSA) is 49.9 Å². The fourth-order valence-corrected chi connectivity index (χ4v) is 4.86. The highest BCUT2D eigenvalue weighted by Gasteiger charge is 2.51. The van der Waals surface area contributed by atoms with E-state index in [0.717, 1.165) is 12.6 Å². The molecule has 0 unspecified atom stereocenters. The molecule has 0 aliphatic carbocycles. The minimum atomic E-state index is -4.48. The van der Waals surface area contributed by atoms with E-state index in [9.17, 15) is 22.8 Å². The molecule has 0 N–H and O–H groups in total. The average Bonchev–Trinajstić information content (AvgIpc) is 2.96. The Morgan fingerprint density at radius 1 is 1.20 bits per heavy atom. The molecule has 0 radical (unpaired) electrons. The van der Waals surface area contributed by atoms with Crippen molar-refractivity contribution in [2.24, 2.45) is 0 Å². The minimum absolute atomic E-state index is 0.119. The third-order valence-electron chi connectivity index (χ3n) is 6.62. The number of alkyl halides is 3. The van der Waals surface area contributed by atoms with Gasteiger partial charge in [-0.2, -0.15) is 13.2 Å². The molecule has 5 nitrogen and oxygen atoms in total. The number of nitrogens with zero attached hydrogens (tertiary/aromatic N) is 2. The molecule has 3 heterocycles. The first-order valence-electron chi connectivity index (χ1n) is 10.3. The standard InChI is InChI=1S/C22H25F3N2O3/c1-3-26-11-8-21(9-12-26)18(14(2)20(29)30-21)19(28)27-10-7-15-5-4-6-17(16(15)13-27)22(23,24)25/h4-6H,3,7-13H2,1-2H3. The summed E-state index contributed by atoms with van der Waals surface area (Å²) in [6, 6.07) is 4.15. The zero-order valence-corrected chi connectivity index (χ0v) is 17.1. The zero-order chi connectivity index (χ0) is 21.7. The maximum absolute atomic E-state index is 13.5. The Hall–Kier alpha value is -2.35. The lowest BCUT2D eigenvalue weighted by atomic mass is 9.82. The first-order chi connectivity index (χ1) is 14.2. The van der Waals surface area contributed by atoms with Gasteiger partial charge in [-0.1, -0.05) is 19.1 Å². The van der Waals surface area contributed by atoms with Crippen LogP contribution in [0.4, 0.5) is 13.2 Å². The number of esters is 1. The van der Waals surface area contributed by atoms with Gasteiger partial charge in [0.2, 0.25) is 0 Å². The summed E-state index contributed by atoms with van der Waals surface area (Å²) >= 11 is 0. The molecule has 8 heteroatoms. The number of amides is 1. The van der Waals surface area contributed by atoms with E-state index in [0.29, 0.717) is 50.0 Å². The van der Waals surface area contributed by atoms with Gasteiger partial charge in [-0.25, -0.2) is 4.79 Å². The molecule has 1 aromatic carbocycles. The third kappa shape index (κ3) is 3.41. The fraction of sp³-hybridized carbons (Fsp3) is 0.545. The van der Waals surface area contributed by atoms with Crippen molar-refractivity contribution in [2.45, 2.75) is 51.4 Å². The summed E-state index contributed by atoms with van der Waals surface area (Å²) in [6.07, 6.45) is -3.09. The molecule has 0 aromatic heterocycles. The van der Waals surface area contributed by atoms with E-state index in [-0.39, 0.29) is 23.6 Å². The second-order valence-electron chi connectivity index (χ2n) is 8.24. The molecule has 162 valence electrons. The van der Waals surface area contributed by atoms with Gasteiger partial charge in [0.05, 0.1) is 11.1 Å². The summed E-state index contributed by atoms with van der Waals surface area (Å²) in [5.74, 6) is -0.886. The van der Waals surface area contributed by atoms with Gasteiger partial charge in [0, 0.05) is 44.6 Å². The molecule has 1 amide bonds. The normalized spacial score (nSPS) is 21.8. The van der Waals surface area contributed by atoms with Gasteiger partial charge in [-0.05, 0) is 37.1 Å². The van der Waals surface area contributed by atoms with Gasteiger partial charge < -0.3 is 14.5 Å². The summed E-state index contributed by atoms with van der Waals surface area (Å²) in [4.78, 5) is 29.5. The van der Waals surface area contributed by atoms with Crippen LogP contribution in [-0.2, 0) is 33.5 Å². The smallest absolute Gasteiger partial charge is 0.416 e. The number of carbonyl (C=O) groups is 2. The van der Waals surface area contributed by atoms with E-state index < -0.39 is 23.3 Å². The van der Waals surface area contributed by atoms with Crippen LogP contribution in [0.5, 0.6) is 0 Å². The summed E-state index contributed by atoms with van der Waals surface area (Å²) in [7, 11) is 0. The fourth-order valence-electron chi connectivity index (χ4n) is 4.86. The van der Waals surface area contributed by atoms with Gasteiger partial charge in [0.25, 0.3) is 5.91 Å². The van der Waals surface area contributed by atoms with E-state index in [1.807, 2.05) is 0 Å². The van der Waals surface area contributed by atoms with E-state index >= 15 is 0 Å². The number of carbonyl (C=O) groups excluding carboxylic acids is 2. The first-order valence-corrected chi connectivity index (χ1v) is 10.3. The van der Waals surface area contributed by atoms with Crippen LogP contribution in [0.3, 0.4) is 0 Å². The number of rotatable bonds is 2. The van der Waals surface area contributed by atoms with Crippen molar-refractivity contribution >= 4 is 11.9 Å². The SMILES string of the molecule is CCN1CCC2(CC1)OC(=O)C(C)=C2C(=O)N1CCc2cccc(C(F)(F)F)c2C1. The maximum Gasteiger partial charge on any atom is 0.416 e. The highest BCUT2D eigenvalue weighted by atomic mass is 19.4. The molecule has 1 spiro atoms. The van der Waals surface area contributed by atoms with Crippen LogP contribution in [0.2, 0.25) is 0 Å². The molecule has 1 saturated heterocycles. The van der Waals surface area contributed by atoms with E-state index in [4.69, 9.17) is 4.74 Å². The van der Waals surface area contributed by atoms with Crippen LogP contribution in [0.1, 0.15) is 43.4 Å². The number of likely N-dealkylation sites (tertiary alicyclic amines) is 1. The number of hydrogen-bond acceptors (Lipinski definition) is 4. The van der Waals surface area contributed by atoms with Crippen molar-refractivity contribution in [3.63, 3.8) is 0 Å². The number of fused-ring (bicyclic) bond motifs is 1. The zero-order valence-electron chi connectivity index (χ0n) is 17.1. The Balaban J connectivity index is 1.64. The van der Waals surface area contributed by atoms with Gasteiger partial charge in [0.15, 0.2) is 0 Å². The van der Waals surface area contributed by atoms with Gasteiger partial charge >= 0.3 is 12.1 Å². The third-order valence-corrected chi connectivity index (χ3v) is 6.62. The number of benzene rings is 1. The molecular formula is C22H25F3N2O3. The molecule has 0 saturated carbocycles. The molecule has 3 aliphatic heterocycles. The number of ether oxygens (including phenoxy) is 1. The first kappa shape index (κ1) is 20.9. The molecule has 0 bridgehead atoms. The van der Waals surface area contributed by atoms with Crippen LogP contribution >= 0.6 is 0 Å². The predicted molar refractivity (Wildman–Crippen MR) is 103 cm³/mol. The lowest BCUT2D eigenvalue weighted by Crippen LogP contribution is -2.50. The number of piperidine rings is 1. The Kier molecular flexibility index (Phi) is 5.16. The van der Waals surface area contributed by atoms with Crippen molar-refractivity contribution in [2.75, 3.05) is 26.2 Å². The summed E-state index contributed by atoms with van der Waals surface area (Å²) in [5, 5.41) is 0. The highest BCUT2D eigenvalue weighted by Crippen LogP contribution is 2.43. The molecular weight excluding hydrogens is 397 g/mol. The highest BCUT2D eigenvalue weighted by molar-refractivity contribution is 6.07. The Morgan fingerprint density at radius 3 is 2.53 bits per heavy atom. The van der Waals surface area contributed by atoms with Gasteiger partial charge in [-0.3, -0.25) is 4.79 Å². The van der Waals surface area contributed by atoms with Crippen LogP contribution in [0.15, 0.2) is 29.3 Å². The van der Waals surface area contributed by atoms with Crippen molar-refractivity contribution < 1.29 is 27.5 Å². The average molecular weight is 422 g/mol. The quantitative estimate of drug-likeness (QED) is 0.687. The summed E-state index contributed by atoms with van der Waals surface area (Å²) < 4.78 is 46.2. The van der Waals surface area contributed by atoms with E-state index in [2.05, 4.69) is 11.8 Å². The molecule has 0 atom stereocenters. The van der Waals surface area contributed by atoms with Crippen molar-refractivity contribution in [1.29, 1.82) is 0 Å². The Morgan fingerprint density at radius 2 is 1.90 bits per heavy atom. The lowest BCUT2D eigenvalue weighted by molar-refractivity contribution is -0.151. The number of halogens is 3. The molecule has 1 fully saturated rings. The van der Waals surface area contributed by atoms with Crippen molar-refractivity contribution in [1.82, 2.24) is 9.80 Å². The minimum Gasteiger partial charge on any atom is -0.450 e. The second kappa shape index (κ2) is 7.41. The summed E-state index contributed by atoms with van der Waals surface area (Å²) in [5.41, 5.74) is -0.301. The van der Waals surface area contributed by atoms with E-state index in [1.54, 1.807) is 13.0 Å². The van der Waals surface area contributed by atoms with Gasteiger partial charge in [0.1, 0.15) is 5.60 Å². The van der Waals surface area contributed by atoms with Crippen LogP contribution < -0.4 is 0 Å². The lowest BCUT2D eigenvalue weighted by Gasteiger charge is -2.40. The Bertz CT molecular complexity index is 915. The molecule has 30 heavy (non-hydrogen) atoms. The van der Waals surface area contributed by atoms with E-state index in [1.165, 1.54) is 11.0 Å². The Labute approximate surface area is 173 Å². The monoisotopic (exact) mass is 422 g/mol. The van der Waals surface area contributed by atoms with Gasteiger partial charge in [-0.15, -0.1) is 0 Å². The van der Waals surface area contributed by atoms with Crippen LogP contribution in [0.25, 0.3) is 0 Å². The maximum atomic E-state index is 13.5. The predicted octanol–water partition coefficient (Wildman–Crippen LogP) is 3.32. The second-order valence-corrected chi connectivity index (χ2v) is 8.24. The van der Waals surface area contributed by atoms with Crippen LogP contribution in [0, 0.1) is 0 Å². The molecule has 4 rings (SSSR count).